The summed E-state index contributed by atoms with van der Waals surface area (Å²) in [6, 6.07) is 47.8. The average Bonchev–Trinajstić information content (AvgIpc) is 1.65. The lowest BCUT2D eigenvalue weighted by atomic mass is 9.97. The molecule has 15 rings (SSSR count). The van der Waals surface area contributed by atoms with Crippen LogP contribution in [0.15, 0.2) is 193 Å². The molecule has 0 saturated carbocycles. The van der Waals surface area contributed by atoms with E-state index in [2.05, 4.69) is 100 Å². The van der Waals surface area contributed by atoms with Crippen molar-refractivity contribution in [2.45, 2.75) is 140 Å². The number of benzene rings is 6. The highest BCUT2D eigenvalue weighted by molar-refractivity contribution is 6.02. The van der Waals surface area contributed by atoms with E-state index in [1.165, 1.54) is 22.0 Å². The molecule has 3 aliphatic heterocycles. The molecule has 102 heavy (non-hydrogen) atoms. The minimum absolute atomic E-state index is 0. The third-order valence-corrected chi connectivity index (χ3v) is 17.6. The normalized spacial score (nSPS) is 13.2. The third kappa shape index (κ3) is 15.3. The predicted octanol–water partition coefficient (Wildman–Crippen LogP) is 16.7. The van der Waals surface area contributed by atoms with E-state index in [1.807, 2.05) is 110 Å². The van der Waals surface area contributed by atoms with Gasteiger partial charge in [0.15, 0.2) is 23.2 Å². The van der Waals surface area contributed by atoms with E-state index in [9.17, 15) is 27.6 Å². The summed E-state index contributed by atoms with van der Waals surface area (Å²) in [4.78, 5) is 71.8. The summed E-state index contributed by atoms with van der Waals surface area (Å²) in [5.41, 5.74) is 13.1. The van der Waals surface area contributed by atoms with Crippen molar-refractivity contribution in [2.75, 3.05) is 14.7 Å². The van der Waals surface area contributed by atoms with E-state index in [1.54, 1.807) is 81.6 Å². The van der Waals surface area contributed by atoms with Crippen molar-refractivity contribution in [1.29, 1.82) is 0 Å². The van der Waals surface area contributed by atoms with Gasteiger partial charge in [0.05, 0.1) is 62.2 Å². The Bertz CT molecular complexity index is 4940. The number of nitrogens with zero attached hydrogens (tertiary/aromatic N) is 16. The maximum absolute atomic E-state index is 13.0. The Hall–Kier alpha value is -11.8. The number of hydrogen-bond donors (Lipinski definition) is 0. The summed E-state index contributed by atoms with van der Waals surface area (Å²) < 4.78 is 46.9. The van der Waals surface area contributed by atoms with Gasteiger partial charge in [0.2, 0.25) is 29.5 Å². The second-order valence-electron chi connectivity index (χ2n) is 25.4. The minimum atomic E-state index is -4.49. The Morgan fingerprint density at radius 1 is 0.490 bits per heavy atom. The minimum Gasteiger partial charge on any atom is -0.421 e. The fourth-order valence-electron chi connectivity index (χ4n) is 12.4. The number of alkyl halides is 3. The lowest BCUT2D eigenvalue weighted by Crippen LogP contribution is -2.30. The number of anilines is 3. The number of carbonyl (C=O) groups excluding carboxylic acids is 3. The van der Waals surface area contributed by atoms with Crippen LogP contribution in [0.3, 0.4) is 0 Å². The molecule has 6 aromatic heterocycles. The highest BCUT2D eigenvalue weighted by Crippen LogP contribution is 2.39. The van der Waals surface area contributed by atoms with Crippen LogP contribution in [-0.2, 0) is 52.9 Å². The zero-order valence-electron chi connectivity index (χ0n) is 55.7. The van der Waals surface area contributed by atoms with Crippen LogP contribution in [0.2, 0.25) is 0 Å². The molecular formula is C79H81F3N16O4. The van der Waals surface area contributed by atoms with Crippen molar-refractivity contribution in [3.8, 4) is 57.0 Å². The highest BCUT2D eigenvalue weighted by Gasteiger charge is 2.36. The Morgan fingerprint density at radius 2 is 0.922 bits per heavy atom. The van der Waals surface area contributed by atoms with Gasteiger partial charge in [-0.05, 0) is 101 Å². The molecule has 1 atom stereocenters. The molecule has 0 aliphatic carbocycles. The number of hydrogen-bond acceptors (Lipinski definition) is 15. The van der Waals surface area contributed by atoms with Gasteiger partial charge in [0.1, 0.15) is 17.5 Å². The maximum Gasteiger partial charge on any atom is 0.435 e. The number of rotatable bonds is 15. The van der Waals surface area contributed by atoms with Gasteiger partial charge in [-0.15, -0.1) is 15.3 Å². The third-order valence-electron chi connectivity index (χ3n) is 17.6. The van der Waals surface area contributed by atoms with E-state index < -0.39 is 11.9 Å². The smallest absolute Gasteiger partial charge is 0.421 e. The summed E-state index contributed by atoms with van der Waals surface area (Å²) in [5.74, 6) is 5.85. The monoisotopic (exact) mass is 1370 g/mol. The molecule has 522 valence electrons. The molecule has 12 aromatic rings. The second kappa shape index (κ2) is 30.8. The number of carbonyl (C=O) groups is 3. The number of halogens is 3. The Labute approximate surface area is 591 Å². The summed E-state index contributed by atoms with van der Waals surface area (Å²) in [6.45, 7) is 17.4. The quantitative estimate of drug-likeness (QED) is 0.0930. The summed E-state index contributed by atoms with van der Waals surface area (Å²) in [7, 11) is 0. The van der Waals surface area contributed by atoms with Crippen LogP contribution in [0.5, 0.6) is 0 Å². The molecule has 20 nitrogen and oxygen atoms in total. The van der Waals surface area contributed by atoms with Gasteiger partial charge in [0, 0.05) is 70.7 Å². The predicted molar refractivity (Wildman–Crippen MR) is 389 cm³/mol. The van der Waals surface area contributed by atoms with Gasteiger partial charge in [-0.1, -0.05) is 178 Å². The standard InChI is InChI=1S/C26H22F3N5O.C25H24N6O.C25H23N5O2.3CH4/c1-16(2)20-5-3-4-6-21(20)24-30-14-18-13-23(35)33(25(18)31-24)15-17-7-9-19(10-8-17)34-12-11-22(32-34)26(27,28)29;1-16(2)21-6-4-5-7-22(21)24-26-15-19-14-23(32)31(25(19)28-24)17(3)18-8-10-20(11-9-18)30-13-12-27-29-30;1-15(2)20-6-4-5-7-21(20)23-26-13-19-12-22(31)30(24(19)27-23)14-17-8-10-18(11-9-17)25-29-28-16(3)32-25;;;/h3-12,14,16H,13,15H2,1-2H3;4-13,15-17H,14H2,1-3H3;4-11,13,15H,12,14H2,1-3H3;3*1H4/t;17-;;;;/m.1..../s1. The van der Waals surface area contributed by atoms with E-state index >= 15 is 0 Å². The van der Waals surface area contributed by atoms with Gasteiger partial charge in [-0.3, -0.25) is 29.1 Å². The fourth-order valence-corrected chi connectivity index (χ4v) is 12.4. The molecule has 6 aromatic carbocycles. The van der Waals surface area contributed by atoms with Crippen LogP contribution in [0.25, 0.3) is 57.0 Å². The van der Waals surface area contributed by atoms with Crippen LogP contribution in [0, 0.1) is 6.92 Å². The molecule has 0 radical (unpaired) electrons. The highest BCUT2D eigenvalue weighted by atomic mass is 19.4. The van der Waals surface area contributed by atoms with Crippen LogP contribution < -0.4 is 14.7 Å². The lowest BCUT2D eigenvalue weighted by molar-refractivity contribution is -0.141. The molecule has 0 bridgehead atoms. The first kappa shape index (κ1) is 73.0. The number of aromatic nitrogens is 13. The summed E-state index contributed by atoms with van der Waals surface area (Å²) >= 11 is 0. The topological polar surface area (TPSA) is 226 Å². The van der Waals surface area contributed by atoms with Crippen molar-refractivity contribution >= 4 is 35.2 Å². The first-order chi connectivity index (χ1) is 47.7. The zero-order valence-corrected chi connectivity index (χ0v) is 55.7. The van der Waals surface area contributed by atoms with Gasteiger partial charge in [-0.25, -0.2) is 39.3 Å². The largest absolute Gasteiger partial charge is 0.435 e. The maximum atomic E-state index is 13.0. The van der Waals surface area contributed by atoms with Crippen LogP contribution in [0.4, 0.5) is 30.6 Å². The van der Waals surface area contributed by atoms with Crippen molar-refractivity contribution in [3.63, 3.8) is 0 Å². The number of aryl methyl sites for hydroxylation is 1. The van der Waals surface area contributed by atoms with E-state index in [-0.39, 0.29) is 52.5 Å². The lowest BCUT2D eigenvalue weighted by Gasteiger charge is -2.25. The molecule has 0 N–H and O–H groups in total. The van der Waals surface area contributed by atoms with Gasteiger partial charge in [0.25, 0.3) is 0 Å². The van der Waals surface area contributed by atoms with E-state index in [0.29, 0.717) is 96.1 Å². The Balaban J connectivity index is 0.000000163. The Kier molecular flexibility index (Phi) is 22.0. The SMILES string of the molecule is C.C.C.CC(C)c1ccccc1-c1ncc2c(n1)N(Cc1ccc(-n3ccc(C(F)(F)F)n3)cc1)C(=O)C2.CC(C)c1ccccc1-c1ncc2c(n1)N([C@H](C)c1ccc(-n3ccnn3)cc1)C(=O)C2.Cc1nnc(-c2ccc(CN3C(=O)Cc4cnc(-c5ccccc5C(C)C)nc43)cc2)o1. The van der Waals surface area contributed by atoms with Crippen molar-refractivity contribution in [2.24, 2.45) is 0 Å². The molecule has 0 unspecified atom stereocenters. The van der Waals surface area contributed by atoms with E-state index in [4.69, 9.17) is 19.4 Å². The summed E-state index contributed by atoms with van der Waals surface area (Å²) in [6.07, 6.45) is 6.39. The summed E-state index contributed by atoms with van der Waals surface area (Å²) in [5, 5.41) is 19.4. The van der Waals surface area contributed by atoms with Crippen LogP contribution >= 0.6 is 0 Å². The van der Waals surface area contributed by atoms with E-state index in [0.717, 1.165) is 73.0 Å². The number of amides is 3. The van der Waals surface area contributed by atoms with Gasteiger partial charge < -0.3 is 4.42 Å². The number of fused-ring (bicyclic) bond motifs is 3. The van der Waals surface area contributed by atoms with Gasteiger partial charge in [-0.2, -0.15) is 18.3 Å². The molecule has 23 heteroatoms. The molecular weight excluding hydrogens is 1290 g/mol. The fraction of sp³-hybridized carbons (Fsp3) is 0.266. The molecule has 3 amide bonds. The molecule has 0 fully saturated rings. The molecule has 3 aliphatic rings. The van der Waals surface area contributed by atoms with Crippen molar-refractivity contribution in [1.82, 2.24) is 64.9 Å². The van der Waals surface area contributed by atoms with Crippen molar-refractivity contribution in [3.05, 3.63) is 250 Å². The molecule has 0 spiro atoms. The van der Waals surface area contributed by atoms with Crippen molar-refractivity contribution < 1.29 is 32.0 Å². The average molecular weight is 1380 g/mol. The first-order valence-electron chi connectivity index (χ1n) is 32.6. The molecule has 9 heterocycles. The zero-order chi connectivity index (χ0) is 69.2. The first-order valence-corrected chi connectivity index (χ1v) is 32.6. The van der Waals surface area contributed by atoms with Gasteiger partial charge >= 0.3 is 6.18 Å². The van der Waals surface area contributed by atoms with Crippen LogP contribution in [-0.4, -0.2) is 82.6 Å². The second-order valence-corrected chi connectivity index (χ2v) is 25.4. The van der Waals surface area contributed by atoms with Crippen LogP contribution in [0.1, 0.15) is 156 Å². The Morgan fingerprint density at radius 3 is 1.35 bits per heavy atom. The molecule has 0 saturated heterocycles.